The largest absolute Gasteiger partial charge is 0.348 e. The second-order valence-corrected chi connectivity index (χ2v) is 8.71. The highest BCUT2D eigenvalue weighted by molar-refractivity contribution is 9.10. The van der Waals surface area contributed by atoms with E-state index in [1.807, 2.05) is 60.4 Å². The van der Waals surface area contributed by atoms with Gasteiger partial charge in [0.1, 0.15) is 0 Å². The van der Waals surface area contributed by atoms with Crippen LogP contribution in [0.5, 0.6) is 0 Å². The van der Waals surface area contributed by atoms with Gasteiger partial charge in [-0.05, 0) is 72.9 Å². The van der Waals surface area contributed by atoms with Crippen molar-refractivity contribution in [2.75, 3.05) is 13.1 Å². The van der Waals surface area contributed by atoms with Crippen molar-refractivity contribution in [3.05, 3.63) is 87.7 Å². The molecule has 5 nitrogen and oxygen atoms in total. The third-order valence-electron chi connectivity index (χ3n) is 5.44. The molecule has 2 aromatic carbocycles. The van der Waals surface area contributed by atoms with Crippen molar-refractivity contribution < 1.29 is 9.59 Å². The van der Waals surface area contributed by atoms with Crippen LogP contribution in [0.4, 0.5) is 0 Å². The number of carbonyl (C=O) groups is 2. The van der Waals surface area contributed by atoms with Crippen LogP contribution in [-0.4, -0.2) is 34.8 Å². The highest BCUT2D eigenvalue weighted by atomic mass is 79.9. The minimum Gasteiger partial charge on any atom is -0.348 e. The van der Waals surface area contributed by atoms with E-state index >= 15 is 0 Å². The molecule has 0 unspecified atom stereocenters. The summed E-state index contributed by atoms with van der Waals surface area (Å²) < 4.78 is 0.977. The van der Waals surface area contributed by atoms with Crippen LogP contribution in [0.25, 0.3) is 11.1 Å². The second-order valence-electron chi connectivity index (χ2n) is 7.80. The molecule has 0 bridgehead atoms. The molecule has 2 amide bonds. The molecule has 31 heavy (non-hydrogen) atoms. The Morgan fingerprint density at radius 3 is 2.35 bits per heavy atom. The Balaban J connectivity index is 1.63. The van der Waals surface area contributed by atoms with Crippen LogP contribution in [-0.2, 0) is 6.54 Å². The van der Waals surface area contributed by atoms with Crippen LogP contribution in [0.1, 0.15) is 44.8 Å². The van der Waals surface area contributed by atoms with Crippen molar-refractivity contribution in [1.82, 2.24) is 15.2 Å². The number of hydrogen-bond donors (Lipinski definition) is 1. The fourth-order valence-electron chi connectivity index (χ4n) is 3.68. The Hall–Kier alpha value is -2.99. The third kappa shape index (κ3) is 5.20. The van der Waals surface area contributed by atoms with Gasteiger partial charge in [0.15, 0.2) is 0 Å². The first kappa shape index (κ1) is 21.2. The van der Waals surface area contributed by atoms with E-state index in [0.29, 0.717) is 17.7 Å². The second kappa shape index (κ2) is 9.43. The predicted octanol–water partition coefficient (Wildman–Crippen LogP) is 4.99. The molecule has 1 fully saturated rings. The van der Waals surface area contributed by atoms with Crippen molar-refractivity contribution in [2.45, 2.75) is 26.3 Å². The minimum atomic E-state index is -0.213. The molecule has 4 rings (SSSR count). The van der Waals surface area contributed by atoms with Crippen LogP contribution < -0.4 is 5.32 Å². The number of rotatable bonds is 5. The highest BCUT2D eigenvalue weighted by Crippen LogP contribution is 2.26. The summed E-state index contributed by atoms with van der Waals surface area (Å²) in [5.74, 6) is -0.233. The first-order chi connectivity index (χ1) is 15.0. The number of halogens is 1. The zero-order chi connectivity index (χ0) is 21.8. The first-order valence-corrected chi connectivity index (χ1v) is 11.2. The van der Waals surface area contributed by atoms with Gasteiger partial charge in [-0.2, -0.15) is 0 Å². The van der Waals surface area contributed by atoms with Crippen molar-refractivity contribution in [2.24, 2.45) is 0 Å². The number of hydrogen-bond acceptors (Lipinski definition) is 3. The fraction of sp³-hybridized carbons (Fsp3) is 0.240. The number of aromatic nitrogens is 1. The van der Waals surface area contributed by atoms with Crippen LogP contribution in [0.3, 0.4) is 0 Å². The van der Waals surface area contributed by atoms with Crippen LogP contribution >= 0.6 is 15.9 Å². The molecule has 0 atom stereocenters. The Bertz CT molecular complexity index is 1090. The van der Waals surface area contributed by atoms with Crippen molar-refractivity contribution in [3.8, 4) is 11.1 Å². The number of carbonyl (C=O) groups excluding carboxylic acids is 2. The van der Waals surface area contributed by atoms with E-state index in [9.17, 15) is 9.59 Å². The molecule has 0 aliphatic carbocycles. The maximum Gasteiger partial charge on any atom is 0.253 e. The van der Waals surface area contributed by atoms with Gasteiger partial charge in [0.2, 0.25) is 0 Å². The number of amides is 2. The molecular weight excluding hydrogens is 454 g/mol. The molecule has 158 valence electrons. The van der Waals surface area contributed by atoms with Crippen molar-refractivity contribution in [3.63, 3.8) is 0 Å². The number of pyridine rings is 1. The van der Waals surface area contributed by atoms with E-state index in [2.05, 4.69) is 26.2 Å². The summed E-state index contributed by atoms with van der Waals surface area (Å²) in [5.41, 5.74) is 4.68. The van der Waals surface area contributed by atoms with E-state index in [1.54, 1.807) is 12.3 Å². The normalized spacial score (nSPS) is 13.3. The lowest BCUT2D eigenvalue weighted by molar-refractivity contribution is 0.0793. The smallest absolute Gasteiger partial charge is 0.253 e. The third-order valence-corrected chi connectivity index (χ3v) is 5.97. The lowest BCUT2D eigenvalue weighted by Gasteiger charge is -2.17. The molecule has 2 heterocycles. The topological polar surface area (TPSA) is 62.3 Å². The standard InChI is InChI=1S/C25H24BrN3O2/c1-17-4-5-18(15-27-17)16-28-24(30)21-12-20(19-6-8-23(26)9-7-19)13-22(14-21)25(31)29-10-2-3-11-29/h4-9,12-15H,2-3,10-11,16H2,1H3,(H,28,30). The van der Waals surface area contributed by atoms with Crippen LogP contribution in [0, 0.1) is 6.92 Å². The molecule has 6 heteroatoms. The van der Waals surface area contributed by atoms with E-state index in [1.165, 1.54) is 0 Å². The van der Waals surface area contributed by atoms with Crippen molar-refractivity contribution >= 4 is 27.7 Å². The lowest BCUT2D eigenvalue weighted by atomic mass is 9.98. The van der Waals surface area contributed by atoms with Crippen LogP contribution in [0.2, 0.25) is 0 Å². The van der Waals surface area contributed by atoms with Gasteiger partial charge in [0.25, 0.3) is 11.8 Å². The quantitative estimate of drug-likeness (QED) is 0.563. The van der Waals surface area contributed by atoms with E-state index in [-0.39, 0.29) is 11.8 Å². The molecular formula is C25H24BrN3O2. The number of nitrogens with one attached hydrogen (secondary N) is 1. The molecule has 0 saturated carbocycles. The van der Waals surface area contributed by atoms with Gasteiger partial charge in [0.05, 0.1) is 0 Å². The molecule has 1 N–H and O–H groups in total. The van der Waals surface area contributed by atoms with E-state index in [0.717, 1.165) is 52.8 Å². The molecule has 1 aliphatic heterocycles. The summed E-state index contributed by atoms with van der Waals surface area (Å²) >= 11 is 3.46. The molecule has 1 aromatic heterocycles. The van der Waals surface area contributed by atoms with Gasteiger partial charge >= 0.3 is 0 Å². The van der Waals surface area contributed by atoms with E-state index in [4.69, 9.17) is 0 Å². The monoisotopic (exact) mass is 477 g/mol. The maximum absolute atomic E-state index is 13.0. The van der Waals surface area contributed by atoms with Gasteiger partial charge < -0.3 is 10.2 Å². The van der Waals surface area contributed by atoms with Gasteiger partial charge in [-0.25, -0.2) is 0 Å². The molecule has 3 aromatic rings. The zero-order valence-electron chi connectivity index (χ0n) is 17.4. The number of aryl methyl sites for hydroxylation is 1. The number of benzene rings is 2. The highest BCUT2D eigenvalue weighted by Gasteiger charge is 2.21. The van der Waals surface area contributed by atoms with Crippen LogP contribution in [0.15, 0.2) is 65.3 Å². The Labute approximate surface area is 190 Å². The number of likely N-dealkylation sites (tertiary alicyclic amines) is 1. The molecule has 1 aliphatic rings. The number of nitrogens with zero attached hydrogens (tertiary/aromatic N) is 2. The SMILES string of the molecule is Cc1ccc(CNC(=O)c2cc(C(=O)N3CCCC3)cc(-c3ccc(Br)cc3)c2)cn1. The summed E-state index contributed by atoms with van der Waals surface area (Å²) in [6.45, 7) is 3.84. The van der Waals surface area contributed by atoms with Gasteiger partial charge in [-0.3, -0.25) is 14.6 Å². The average molecular weight is 478 g/mol. The fourth-order valence-corrected chi connectivity index (χ4v) is 3.95. The molecule has 1 saturated heterocycles. The van der Waals surface area contributed by atoms with Crippen molar-refractivity contribution in [1.29, 1.82) is 0 Å². The maximum atomic E-state index is 13.0. The first-order valence-electron chi connectivity index (χ1n) is 10.4. The molecule has 0 spiro atoms. The Morgan fingerprint density at radius 1 is 0.968 bits per heavy atom. The predicted molar refractivity (Wildman–Crippen MR) is 125 cm³/mol. The average Bonchev–Trinajstić information content (AvgIpc) is 3.33. The van der Waals surface area contributed by atoms with Gasteiger partial charge in [0, 0.05) is 47.1 Å². The van der Waals surface area contributed by atoms with Gasteiger partial charge in [-0.1, -0.05) is 34.1 Å². The lowest BCUT2D eigenvalue weighted by Crippen LogP contribution is -2.28. The summed E-state index contributed by atoms with van der Waals surface area (Å²) in [6.07, 6.45) is 3.81. The van der Waals surface area contributed by atoms with Gasteiger partial charge in [-0.15, -0.1) is 0 Å². The summed E-state index contributed by atoms with van der Waals surface area (Å²) in [7, 11) is 0. The molecule has 0 radical (unpaired) electrons. The Morgan fingerprint density at radius 2 is 1.68 bits per heavy atom. The Kier molecular flexibility index (Phi) is 6.47. The van der Waals surface area contributed by atoms with E-state index < -0.39 is 0 Å². The zero-order valence-corrected chi connectivity index (χ0v) is 19.0. The minimum absolute atomic E-state index is 0.0201. The summed E-state index contributed by atoms with van der Waals surface area (Å²) in [4.78, 5) is 32.1. The summed E-state index contributed by atoms with van der Waals surface area (Å²) in [6, 6.07) is 17.1. The summed E-state index contributed by atoms with van der Waals surface area (Å²) in [5, 5.41) is 2.95.